The van der Waals surface area contributed by atoms with Crippen molar-refractivity contribution in [1.82, 2.24) is 9.97 Å². The smallest absolute Gasteiger partial charge is 0.413 e. The molecule has 0 radical (unpaired) electrons. The number of carbonyl (C=O) groups is 1. The summed E-state index contributed by atoms with van der Waals surface area (Å²) in [6.45, 7) is 0. The number of aromatic nitrogens is 2. The summed E-state index contributed by atoms with van der Waals surface area (Å²) in [6, 6.07) is 4.40. The van der Waals surface area contributed by atoms with Gasteiger partial charge in [0, 0.05) is 6.07 Å². The first-order valence-corrected chi connectivity index (χ1v) is 4.02. The molecule has 0 spiro atoms. The average Bonchev–Trinajstić information content (AvgIpc) is 2.55. The number of aromatic hydroxyl groups is 1. The van der Waals surface area contributed by atoms with Crippen LogP contribution in [0.2, 0.25) is 0 Å². The van der Waals surface area contributed by atoms with E-state index in [9.17, 15) is 9.90 Å². The molecule has 0 bridgehead atoms. The Bertz CT molecular complexity index is 593. The lowest BCUT2D eigenvalue weighted by Crippen LogP contribution is -2.11. The molecule has 0 unspecified atom stereocenters. The summed E-state index contributed by atoms with van der Waals surface area (Å²) in [5, 5.41) is 11.4. The number of fused-ring (bicyclic) bond motifs is 1. The van der Waals surface area contributed by atoms with Crippen molar-refractivity contribution < 1.29 is 18.8 Å². The summed E-state index contributed by atoms with van der Waals surface area (Å²) < 4.78 is 24.4. The van der Waals surface area contributed by atoms with E-state index in [0.29, 0.717) is 11.0 Å². The van der Waals surface area contributed by atoms with Crippen molar-refractivity contribution >= 4 is 23.1 Å². The van der Waals surface area contributed by atoms with Crippen LogP contribution in [0.1, 0.15) is 4.11 Å². The number of nitrogens with zero attached hydrogens (tertiary/aromatic N) is 1. The van der Waals surface area contributed by atoms with E-state index < -0.39 is 13.1 Å². The molecule has 0 fully saturated rings. The Balaban J connectivity index is 2.15. The molecule has 0 saturated heterocycles. The van der Waals surface area contributed by atoms with Crippen LogP contribution in [0.15, 0.2) is 18.2 Å². The molecule has 6 nitrogen and oxygen atoms in total. The van der Waals surface area contributed by atoms with Crippen molar-refractivity contribution in [3.8, 4) is 5.75 Å². The van der Waals surface area contributed by atoms with E-state index in [0.717, 1.165) is 0 Å². The highest BCUT2D eigenvalue weighted by Crippen LogP contribution is 2.19. The van der Waals surface area contributed by atoms with E-state index in [1.165, 1.54) is 12.1 Å². The number of hydrogen-bond acceptors (Lipinski definition) is 4. The number of carbonyl (C=O) groups excluding carboxylic acids is 1. The number of anilines is 1. The van der Waals surface area contributed by atoms with Gasteiger partial charge in [0.05, 0.1) is 22.2 Å². The molecule has 1 heterocycles. The number of methoxy groups -OCH3 is 1. The molecule has 78 valence electrons. The summed E-state index contributed by atoms with van der Waals surface area (Å²) in [5.74, 6) is 0.0765. The van der Waals surface area contributed by atoms with Crippen LogP contribution in [-0.4, -0.2) is 28.2 Å². The third kappa shape index (κ3) is 1.83. The molecular formula is C9H9N3O3. The minimum Gasteiger partial charge on any atom is -0.508 e. The van der Waals surface area contributed by atoms with Gasteiger partial charge in [-0.2, -0.15) is 0 Å². The summed E-state index contributed by atoms with van der Waals surface area (Å²) >= 11 is 0. The third-order valence-corrected chi connectivity index (χ3v) is 1.78. The number of H-pyrrole nitrogens is 1. The van der Waals surface area contributed by atoms with E-state index in [-0.39, 0.29) is 11.7 Å². The summed E-state index contributed by atoms with van der Waals surface area (Å²) in [4.78, 5) is 17.8. The molecule has 0 aliphatic carbocycles. The molecule has 0 aliphatic rings. The molecule has 6 heteroatoms. The molecule has 3 N–H and O–H groups in total. The molecule has 15 heavy (non-hydrogen) atoms. The molecule has 2 rings (SSSR count). The lowest BCUT2D eigenvalue weighted by atomic mass is 10.3. The topological polar surface area (TPSA) is 87.2 Å². The monoisotopic (exact) mass is 210 g/mol. The van der Waals surface area contributed by atoms with Crippen molar-refractivity contribution in [3.05, 3.63) is 18.2 Å². The predicted molar refractivity (Wildman–Crippen MR) is 53.8 cm³/mol. The van der Waals surface area contributed by atoms with Gasteiger partial charge in [0.1, 0.15) is 5.75 Å². The van der Waals surface area contributed by atoms with E-state index in [2.05, 4.69) is 20.0 Å². The Labute approximate surface area is 89.1 Å². The van der Waals surface area contributed by atoms with Crippen LogP contribution in [-0.2, 0) is 4.74 Å². The largest absolute Gasteiger partial charge is 0.508 e. The van der Waals surface area contributed by atoms with Gasteiger partial charge in [0.25, 0.3) is 0 Å². The van der Waals surface area contributed by atoms with Crippen LogP contribution in [0, 0.1) is 0 Å². The Kier molecular flexibility index (Phi) is 1.46. The van der Waals surface area contributed by atoms with Crippen molar-refractivity contribution in [2.75, 3.05) is 12.4 Å². The van der Waals surface area contributed by atoms with Crippen molar-refractivity contribution in [3.63, 3.8) is 0 Å². The van der Waals surface area contributed by atoms with Crippen molar-refractivity contribution in [1.29, 1.82) is 0 Å². The number of imidazole rings is 1. The van der Waals surface area contributed by atoms with E-state index in [4.69, 9.17) is 4.11 Å². The van der Waals surface area contributed by atoms with Crippen molar-refractivity contribution in [2.24, 2.45) is 0 Å². The second kappa shape index (κ2) is 3.49. The standard InChI is InChI=1S/C9H9N3O3/c1-15-9(14)12-8-10-6-3-2-5(13)4-7(6)11-8/h2-4,13H,1H3,(H2,10,11,12,14)/i1D3. The first-order chi connectivity index (χ1) is 8.33. The third-order valence-electron chi connectivity index (χ3n) is 1.78. The Morgan fingerprint density at radius 2 is 2.60 bits per heavy atom. The molecule has 1 amide bonds. The molecule has 0 saturated carbocycles. The number of benzene rings is 1. The highest BCUT2D eigenvalue weighted by atomic mass is 16.5. The van der Waals surface area contributed by atoms with Gasteiger partial charge in [0.15, 0.2) is 0 Å². The molecule has 1 aromatic carbocycles. The highest BCUT2D eigenvalue weighted by molar-refractivity contribution is 5.86. The number of aromatic amines is 1. The SMILES string of the molecule is [2H]C([2H])([2H])OC(=O)Nc1nc2ccc(O)cc2[nH]1. The van der Waals surface area contributed by atoms with E-state index in [1.54, 1.807) is 6.07 Å². The lowest BCUT2D eigenvalue weighted by Gasteiger charge is -1.96. The Morgan fingerprint density at radius 3 is 3.40 bits per heavy atom. The molecular weight excluding hydrogens is 198 g/mol. The van der Waals surface area contributed by atoms with Crippen LogP contribution >= 0.6 is 0 Å². The quantitative estimate of drug-likeness (QED) is 0.664. The van der Waals surface area contributed by atoms with Gasteiger partial charge in [-0.3, -0.25) is 5.32 Å². The molecule has 1 aromatic heterocycles. The number of phenols is 1. The number of nitrogens with one attached hydrogen (secondary N) is 2. The summed E-state index contributed by atoms with van der Waals surface area (Å²) in [6.07, 6.45) is -1.14. The van der Waals surface area contributed by atoms with Gasteiger partial charge in [-0.15, -0.1) is 0 Å². The van der Waals surface area contributed by atoms with Gasteiger partial charge >= 0.3 is 6.09 Å². The van der Waals surface area contributed by atoms with Crippen molar-refractivity contribution in [2.45, 2.75) is 0 Å². The first-order valence-electron chi connectivity index (χ1n) is 5.52. The number of phenolic OH excluding ortho intramolecular Hbond substituents is 1. The van der Waals surface area contributed by atoms with Gasteiger partial charge < -0.3 is 14.8 Å². The zero-order valence-corrected chi connectivity index (χ0v) is 7.44. The lowest BCUT2D eigenvalue weighted by molar-refractivity contribution is 0.186. The Hall–Kier alpha value is -2.24. The normalized spacial score (nSPS) is 14.0. The minimum atomic E-state index is -2.81. The Morgan fingerprint density at radius 1 is 1.73 bits per heavy atom. The number of ether oxygens (including phenoxy) is 1. The number of hydrogen-bond donors (Lipinski definition) is 3. The fraction of sp³-hybridized carbons (Fsp3) is 0.111. The van der Waals surface area contributed by atoms with Crippen LogP contribution in [0.25, 0.3) is 11.0 Å². The van der Waals surface area contributed by atoms with Crippen LogP contribution in [0.3, 0.4) is 0 Å². The zero-order chi connectivity index (χ0) is 13.3. The zero-order valence-electron chi connectivity index (χ0n) is 10.4. The minimum absolute atomic E-state index is 0.0323. The van der Waals surface area contributed by atoms with Gasteiger partial charge in [-0.05, 0) is 12.1 Å². The fourth-order valence-corrected chi connectivity index (χ4v) is 1.18. The van der Waals surface area contributed by atoms with Crippen LogP contribution in [0.5, 0.6) is 5.75 Å². The van der Waals surface area contributed by atoms with Gasteiger partial charge in [-0.25, -0.2) is 9.78 Å². The highest BCUT2D eigenvalue weighted by Gasteiger charge is 2.06. The van der Waals surface area contributed by atoms with Gasteiger partial charge in [0.2, 0.25) is 5.95 Å². The number of amides is 1. The molecule has 2 aromatic rings. The predicted octanol–water partition coefficient (Wildman–Crippen LogP) is 1.45. The number of rotatable bonds is 1. The fourth-order valence-electron chi connectivity index (χ4n) is 1.18. The molecule has 0 atom stereocenters. The van der Waals surface area contributed by atoms with E-state index in [1.807, 2.05) is 0 Å². The first kappa shape index (κ1) is 6.28. The maximum Gasteiger partial charge on any atom is 0.413 e. The second-order valence-electron chi connectivity index (χ2n) is 2.80. The van der Waals surface area contributed by atoms with Crippen LogP contribution < -0.4 is 5.32 Å². The van der Waals surface area contributed by atoms with Gasteiger partial charge in [-0.1, -0.05) is 0 Å². The maximum atomic E-state index is 11.2. The summed E-state index contributed by atoms with van der Waals surface area (Å²) in [7, 11) is -2.81. The van der Waals surface area contributed by atoms with E-state index >= 15 is 0 Å². The second-order valence-corrected chi connectivity index (χ2v) is 2.80. The maximum absolute atomic E-state index is 11.2. The summed E-state index contributed by atoms with van der Waals surface area (Å²) in [5.41, 5.74) is 1.01. The van der Waals surface area contributed by atoms with Crippen LogP contribution in [0.4, 0.5) is 10.7 Å². The molecule has 0 aliphatic heterocycles. The average molecular weight is 210 g/mol.